The first kappa shape index (κ1) is 26.9. The molecule has 188 valence electrons. The molecule has 0 aliphatic heterocycles. The maximum absolute atomic E-state index is 12.8. The highest BCUT2D eigenvalue weighted by Gasteiger charge is 2.30. The van der Waals surface area contributed by atoms with Crippen molar-refractivity contribution in [2.75, 3.05) is 6.61 Å². The molecule has 3 rings (SSSR count). The standard InChI is InChI=1S/C27H35NO5SSi/c1-27(2,3)32-24(29)16-15-23(25(34)33-35(4,5)6)28-26(30)31-17-22-20-13-9-7-11-18(20)19-12-8-10-14-21(19)22/h7-14,22-23H,15-17H2,1-6H3,(H,28,30). The molecule has 1 aliphatic carbocycles. The molecular formula is C27H35NO5SSi. The molecular weight excluding hydrogens is 478 g/mol. The second kappa shape index (κ2) is 10.9. The fourth-order valence-electron chi connectivity index (χ4n) is 4.06. The summed E-state index contributed by atoms with van der Waals surface area (Å²) in [4.78, 5) is 25.1. The highest BCUT2D eigenvalue weighted by molar-refractivity contribution is 7.80. The third kappa shape index (κ3) is 7.63. The second-order valence-corrected chi connectivity index (χ2v) is 15.5. The molecule has 1 atom stereocenters. The smallest absolute Gasteiger partial charge is 0.407 e. The van der Waals surface area contributed by atoms with Crippen molar-refractivity contribution in [3.05, 3.63) is 59.7 Å². The van der Waals surface area contributed by atoms with E-state index in [1.807, 2.05) is 64.7 Å². The predicted octanol–water partition coefficient (Wildman–Crippen LogP) is 6.19. The molecule has 0 bridgehead atoms. The monoisotopic (exact) mass is 513 g/mol. The van der Waals surface area contributed by atoms with Crippen molar-refractivity contribution in [2.24, 2.45) is 0 Å². The number of thiocarbonyl (C=S) groups is 1. The zero-order valence-electron chi connectivity index (χ0n) is 21.3. The number of ether oxygens (including phenoxy) is 2. The molecule has 0 radical (unpaired) electrons. The van der Waals surface area contributed by atoms with Crippen LogP contribution in [-0.4, -0.2) is 43.7 Å². The van der Waals surface area contributed by atoms with E-state index in [2.05, 4.69) is 29.6 Å². The number of hydrogen-bond acceptors (Lipinski definition) is 6. The summed E-state index contributed by atoms with van der Waals surface area (Å²) in [6.07, 6.45) is -0.231. The first-order valence-electron chi connectivity index (χ1n) is 11.9. The van der Waals surface area contributed by atoms with E-state index in [-0.39, 0.29) is 36.4 Å². The summed E-state index contributed by atoms with van der Waals surface area (Å²) in [7, 11) is -2.00. The van der Waals surface area contributed by atoms with Crippen molar-refractivity contribution in [2.45, 2.75) is 70.8 Å². The molecule has 0 fully saturated rings. The fraction of sp³-hybridized carbons (Fsp3) is 0.444. The number of carbonyl (C=O) groups excluding carboxylic acids is 2. The molecule has 8 heteroatoms. The summed E-state index contributed by atoms with van der Waals surface area (Å²) in [5.41, 5.74) is 4.03. The van der Waals surface area contributed by atoms with Crippen LogP contribution in [-0.2, 0) is 18.7 Å². The second-order valence-electron chi connectivity index (χ2n) is 10.7. The average Bonchev–Trinajstić information content (AvgIpc) is 3.06. The van der Waals surface area contributed by atoms with E-state index in [1.165, 1.54) is 0 Å². The van der Waals surface area contributed by atoms with E-state index in [1.54, 1.807) is 0 Å². The van der Waals surface area contributed by atoms with Gasteiger partial charge < -0.3 is 19.2 Å². The van der Waals surface area contributed by atoms with Crippen LogP contribution in [0.3, 0.4) is 0 Å². The fourth-order valence-corrected chi connectivity index (χ4v) is 5.73. The van der Waals surface area contributed by atoms with Crippen molar-refractivity contribution < 1.29 is 23.5 Å². The highest BCUT2D eigenvalue weighted by atomic mass is 32.1. The van der Waals surface area contributed by atoms with Crippen LogP contribution < -0.4 is 5.32 Å². The molecule has 0 saturated heterocycles. The zero-order valence-corrected chi connectivity index (χ0v) is 23.2. The van der Waals surface area contributed by atoms with Crippen molar-refractivity contribution in [3.63, 3.8) is 0 Å². The Hall–Kier alpha value is -2.71. The molecule has 1 amide bonds. The summed E-state index contributed by atoms with van der Waals surface area (Å²) in [5.74, 6) is -0.397. The van der Waals surface area contributed by atoms with Gasteiger partial charge in [-0.25, -0.2) is 4.79 Å². The Kier molecular flexibility index (Phi) is 8.38. The Labute approximate surface area is 214 Å². The van der Waals surface area contributed by atoms with Crippen molar-refractivity contribution in [3.8, 4) is 11.1 Å². The van der Waals surface area contributed by atoms with Crippen LogP contribution in [0.15, 0.2) is 48.5 Å². The van der Waals surface area contributed by atoms with E-state index in [4.69, 9.17) is 26.1 Å². The Morgan fingerprint density at radius 2 is 1.54 bits per heavy atom. The molecule has 6 nitrogen and oxygen atoms in total. The van der Waals surface area contributed by atoms with Crippen molar-refractivity contribution >= 4 is 37.6 Å². The van der Waals surface area contributed by atoms with Gasteiger partial charge in [0.2, 0.25) is 8.32 Å². The van der Waals surface area contributed by atoms with Crippen LogP contribution in [0.1, 0.15) is 50.7 Å². The van der Waals surface area contributed by atoms with Crippen LogP contribution in [0.5, 0.6) is 0 Å². The van der Waals surface area contributed by atoms with E-state index in [9.17, 15) is 9.59 Å². The number of nitrogens with one attached hydrogen (secondary N) is 1. The summed E-state index contributed by atoms with van der Waals surface area (Å²) in [6, 6.07) is 15.7. The van der Waals surface area contributed by atoms with Gasteiger partial charge in [-0.15, -0.1) is 0 Å². The Morgan fingerprint density at radius 1 is 1.00 bits per heavy atom. The lowest BCUT2D eigenvalue weighted by Crippen LogP contribution is -2.45. The largest absolute Gasteiger partial charge is 0.538 e. The number of alkyl carbamates (subject to hydrolysis) is 1. The van der Waals surface area contributed by atoms with Gasteiger partial charge in [-0.2, -0.15) is 0 Å². The molecule has 0 aromatic heterocycles. The zero-order chi connectivity index (χ0) is 25.8. The SMILES string of the molecule is CC(C)(C)OC(=O)CCC(NC(=O)OCC1c2ccccc2-c2ccccc21)C(=S)O[Si](C)(C)C. The Balaban J connectivity index is 1.66. The van der Waals surface area contributed by atoms with Gasteiger partial charge in [0.1, 0.15) is 12.2 Å². The van der Waals surface area contributed by atoms with Crippen LogP contribution in [0.25, 0.3) is 11.1 Å². The van der Waals surface area contributed by atoms with Crippen molar-refractivity contribution in [1.82, 2.24) is 5.32 Å². The Morgan fingerprint density at radius 3 is 2.06 bits per heavy atom. The Bertz CT molecular complexity index is 1040. The normalized spacial score (nSPS) is 13.9. The van der Waals surface area contributed by atoms with Crippen LogP contribution in [0.2, 0.25) is 19.6 Å². The maximum atomic E-state index is 12.8. The van der Waals surface area contributed by atoms with Gasteiger partial charge in [0.25, 0.3) is 0 Å². The minimum Gasteiger partial charge on any atom is -0.538 e. The van der Waals surface area contributed by atoms with Crippen molar-refractivity contribution in [1.29, 1.82) is 0 Å². The van der Waals surface area contributed by atoms with Gasteiger partial charge in [-0.1, -0.05) is 48.5 Å². The molecule has 2 aromatic rings. The van der Waals surface area contributed by atoms with Gasteiger partial charge in [0.05, 0.1) is 6.04 Å². The summed E-state index contributed by atoms with van der Waals surface area (Å²) < 4.78 is 17.0. The third-order valence-corrected chi connectivity index (χ3v) is 6.73. The van der Waals surface area contributed by atoms with Crippen LogP contribution >= 0.6 is 12.2 Å². The maximum Gasteiger partial charge on any atom is 0.407 e. The number of benzene rings is 2. The number of rotatable bonds is 8. The minimum atomic E-state index is -2.00. The summed E-state index contributed by atoms with van der Waals surface area (Å²) in [6.45, 7) is 11.7. The molecule has 1 aliphatic rings. The van der Waals surface area contributed by atoms with E-state index < -0.39 is 26.1 Å². The lowest BCUT2D eigenvalue weighted by Gasteiger charge is -2.26. The number of hydrogen-bond donors (Lipinski definition) is 1. The van der Waals surface area contributed by atoms with Gasteiger partial charge in [-0.05, 0) is 81.3 Å². The lowest BCUT2D eigenvalue weighted by atomic mass is 9.98. The number of amides is 1. The first-order chi connectivity index (χ1) is 16.3. The predicted molar refractivity (Wildman–Crippen MR) is 144 cm³/mol. The van der Waals surface area contributed by atoms with Gasteiger partial charge in [0.15, 0.2) is 5.05 Å². The van der Waals surface area contributed by atoms with E-state index in [0.29, 0.717) is 0 Å². The van der Waals surface area contributed by atoms with E-state index in [0.717, 1.165) is 22.3 Å². The molecule has 1 unspecified atom stereocenters. The molecule has 1 N–H and O–H groups in total. The first-order valence-corrected chi connectivity index (χ1v) is 15.7. The number of carbonyl (C=O) groups is 2. The summed E-state index contributed by atoms with van der Waals surface area (Å²) >= 11 is 5.49. The third-order valence-electron chi connectivity index (χ3n) is 5.38. The molecule has 0 saturated carbocycles. The van der Waals surface area contributed by atoms with Gasteiger partial charge in [0, 0.05) is 12.3 Å². The molecule has 0 spiro atoms. The number of esters is 1. The average molecular weight is 514 g/mol. The minimum absolute atomic E-state index is 0.0430. The topological polar surface area (TPSA) is 73.9 Å². The molecule has 35 heavy (non-hydrogen) atoms. The summed E-state index contributed by atoms with van der Waals surface area (Å²) in [5, 5.41) is 3.08. The van der Waals surface area contributed by atoms with Crippen LogP contribution in [0, 0.1) is 0 Å². The van der Waals surface area contributed by atoms with Gasteiger partial charge in [-0.3, -0.25) is 4.79 Å². The highest BCUT2D eigenvalue weighted by Crippen LogP contribution is 2.44. The van der Waals surface area contributed by atoms with Crippen LogP contribution in [0.4, 0.5) is 4.79 Å². The number of fused-ring (bicyclic) bond motifs is 3. The molecule has 0 heterocycles. The van der Waals surface area contributed by atoms with Gasteiger partial charge >= 0.3 is 12.1 Å². The molecule has 2 aromatic carbocycles. The van der Waals surface area contributed by atoms with E-state index >= 15 is 0 Å². The lowest BCUT2D eigenvalue weighted by molar-refractivity contribution is -0.154. The quantitative estimate of drug-likeness (QED) is 0.258.